The number of carbonyl (C=O) groups is 2. The monoisotopic (exact) mass is 598 g/mol. The first kappa shape index (κ1) is 31.5. The highest BCUT2D eigenvalue weighted by Crippen LogP contribution is 2.36. The Morgan fingerprint density at radius 3 is 2.15 bits per heavy atom. The number of carbonyl (C=O) groups excluding carboxylic acids is 2. The number of H-pyrrole nitrogens is 1. The molecule has 4 rings (SSSR count). The van der Waals surface area contributed by atoms with Crippen LogP contribution in [0.3, 0.4) is 0 Å². The van der Waals surface area contributed by atoms with Crippen molar-refractivity contribution in [3.05, 3.63) is 95.4 Å². The van der Waals surface area contributed by atoms with E-state index in [1.807, 2.05) is 24.3 Å². The van der Waals surface area contributed by atoms with Gasteiger partial charge in [-0.25, -0.2) is 4.79 Å². The number of aryl methyl sites for hydroxylation is 1. The first-order valence-corrected chi connectivity index (χ1v) is 12.2. The zero-order valence-electron chi connectivity index (χ0n) is 21.5. The number of halogens is 7. The molecule has 0 saturated heterocycles. The molecule has 13 heteroatoms. The molecule has 1 unspecified atom stereocenters. The average Bonchev–Trinajstić information content (AvgIpc) is 3.33. The fraction of sp³-hybridized carbons (Fsp3) is 0.250. The number of Topliss-reactive ketones (excluding diaryl/α,β-unsaturated/α-hetero) is 1. The fourth-order valence-corrected chi connectivity index (χ4v) is 4.52. The molecule has 2 N–H and O–H groups in total. The van der Waals surface area contributed by atoms with Crippen LogP contribution in [-0.4, -0.2) is 34.9 Å². The maximum Gasteiger partial charge on any atom is 0.416 e. The zero-order chi connectivity index (χ0) is 29.1. The van der Waals surface area contributed by atoms with E-state index in [-0.39, 0.29) is 30.5 Å². The number of anilines is 1. The molecule has 218 valence electrons. The first-order valence-electron chi connectivity index (χ1n) is 12.2. The Morgan fingerprint density at radius 2 is 1.56 bits per heavy atom. The lowest BCUT2D eigenvalue weighted by molar-refractivity contribution is -0.143. The maximum absolute atomic E-state index is 13.7. The molecule has 4 aromatic rings. The summed E-state index contributed by atoms with van der Waals surface area (Å²) in [4.78, 5) is 35.0. The highest BCUT2D eigenvalue weighted by atomic mass is 35.5. The Morgan fingerprint density at radius 1 is 0.951 bits per heavy atom. The second-order valence-corrected chi connectivity index (χ2v) is 9.09. The van der Waals surface area contributed by atoms with Crippen molar-refractivity contribution in [1.82, 2.24) is 15.3 Å². The van der Waals surface area contributed by atoms with E-state index in [4.69, 9.17) is 0 Å². The van der Waals surface area contributed by atoms with E-state index in [1.165, 1.54) is 36.5 Å². The highest BCUT2D eigenvalue weighted by Gasteiger charge is 2.37. The van der Waals surface area contributed by atoms with Crippen molar-refractivity contribution in [3.63, 3.8) is 0 Å². The molecule has 6 nitrogen and oxygen atoms in total. The molecular formula is C28H25ClF6N4O2. The molecule has 2 amide bonds. The molecule has 2 aromatic heterocycles. The van der Waals surface area contributed by atoms with Crippen LogP contribution in [0.1, 0.15) is 28.7 Å². The summed E-state index contributed by atoms with van der Waals surface area (Å²) in [5.74, 6) is -0.545. The Kier molecular flexibility index (Phi) is 9.69. The van der Waals surface area contributed by atoms with Crippen LogP contribution in [0.15, 0.2) is 73.2 Å². The molecule has 0 spiro atoms. The van der Waals surface area contributed by atoms with Gasteiger partial charge in [-0.15, -0.1) is 12.4 Å². The van der Waals surface area contributed by atoms with Crippen LogP contribution in [0.25, 0.3) is 10.9 Å². The smallest absolute Gasteiger partial charge is 0.361 e. The number of nitrogens with one attached hydrogen (secondary N) is 2. The number of hydrogen-bond acceptors (Lipinski definition) is 3. The molecule has 0 radical (unpaired) electrons. The molecule has 41 heavy (non-hydrogen) atoms. The minimum atomic E-state index is -5.00. The normalized spacial score (nSPS) is 12.5. The Bertz CT molecular complexity index is 1470. The number of hydrogen-bond donors (Lipinski definition) is 2. The van der Waals surface area contributed by atoms with Crippen LogP contribution in [0.2, 0.25) is 0 Å². The molecular weight excluding hydrogens is 574 g/mol. The van der Waals surface area contributed by atoms with Gasteiger partial charge in [0, 0.05) is 55.1 Å². The van der Waals surface area contributed by atoms with Crippen molar-refractivity contribution in [2.75, 3.05) is 11.9 Å². The fourth-order valence-electron chi connectivity index (χ4n) is 4.52. The summed E-state index contributed by atoms with van der Waals surface area (Å²) in [6, 6.07) is 9.85. The van der Waals surface area contributed by atoms with Crippen molar-refractivity contribution in [1.29, 1.82) is 0 Å². The minimum Gasteiger partial charge on any atom is -0.361 e. The predicted molar refractivity (Wildman–Crippen MR) is 144 cm³/mol. The van der Waals surface area contributed by atoms with Gasteiger partial charge in [0.1, 0.15) is 6.04 Å². The summed E-state index contributed by atoms with van der Waals surface area (Å²) in [5.41, 5.74) is -1.37. The summed E-state index contributed by atoms with van der Waals surface area (Å²) in [6.07, 6.45) is -6.22. The molecule has 0 saturated carbocycles. The van der Waals surface area contributed by atoms with Crippen molar-refractivity contribution in [2.45, 2.75) is 37.7 Å². The molecule has 0 aliphatic rings. The Labute approximate surface area is 237 Å². The van der Waals surface area contributed by atoms with Crippen molar-refractivity contribution < 1.29 is 35.9 Å². The molecule has 0 fully saturated rings. The number of aromatic nitrogens is 2. The van der Waals surface area contributed by atoms with Crippen LogP contribution in [0.4, 0.5) is 36.8 Å². The number of fused-ring (bicyclic) bond motifs is 1. The number of amides is 2. The quantitative estimate of drug-likeness (QED) is 0.215. The van der Waals surface area contributed by atoms with E-state index in [0.29, 0.717) is 23.4 Å². The zero-order valence-corrected chi connectivity index (χ0v) is 22.3. The molecule has 0 bridgehead atoms. The van der Waals surface area contributed by atoms with Crippen LogP contribution in [0, 0.1) is 0 Å². The molecule has 0 aliphatic heterocycles. The lowest BCUT2D eigenvalue weighted by Crippen LogP contribution is -2.50. The van der Waals surface area contributed by atoms with Gasteiger partial charge < -0.3 is 10.3 Å². The molecule has 2 aromatic carbocycles. The number of benzene rings is 2. The van der Waals surface area contributed by atoms with E-state index in [1.54, 1.807) is 6.20 Å². The standard InChI is InChI=1S/C28H24F6N4O2.ClH/c1-35-26(40)38(21-8-10-36-11-9-21)24(14-18-16-37-23-5-3-2-4-22(18)23)25(39)7-6-17-12-19(27(29,30)31)15-20(13-17)28(32,33)34;/h2-5,8-13,15-16,24,37H,6-7,14H2,1H3,(H,35,40);1H. The van der Waals surface area contributed by atoms with Gasteiger partial charge in [-0.3, -0.25) is 14.7 Å². The van der Waals surface area contributed by atoms with Gasteiger partial charge in [-0.2, -0.15) is 26.3 Å². The Hall–Kier alpha value is -4.06. The number of para-hydroxylation sites is 1. The number of rotatable bonds is 8. The van der Waals surface area contributed by atoms with Gasteiger partial charge in [0.25, 0.3) is 0 Å². The van der Waals surface area contributed by atoms with Crippen molar-refractivity contribution >= 4 is 40.8 Å². The summed E-state index contributed by atoms with van der Waals surface area (Å²) in [5, 5.41) is 3.30. The van der Waals surface area contributed by atoms with E-state index in [2.05, 4.69) is 15.3 Å². The van der Waals surface area contributed by atoms with E-state index < -0.39 is 54.2 Å². The third-order valence-corrected chi connectivity index (χ3v) is 6.45. The lowest BCUT2D eigenvalue weighted by atomic mass is 9.94. The molecule has 2 heterocycles. The summed E-state index contributed by atoms with van der Waals surface area (Å²) in [6.45, 7) is 0. The van der Waals surface area contributed by atoms with Gasteiger partial charge in [0.15, 0.2) is 5.78 Å². The lowest BCUT2D eigenvalue weighted by Gasteiger charge is -2.30. The third-order valence-electron chi connectivity index (χ3n) is 6.45. The topological polar surface area (TPSA) is 78.1 Å². The van der Waals surface area contributed by atoms with Crippen LogP contribution >= 0.6 is 12.4 Å². The van der Waals surface area contributed by atoms with Crippen molar-refractivity contribution in [3.8, 4) is 0 Å². The second-order valence-electron chi connectivity index (χ2n) is 9.09. The van der Waals surface area contributed by atoms with Gasteiger partial charge in [0.05, 0.1) is 11.1 Å². The predicted octanol–water partition coefficient (Wildman–Crippen LogP) is 6.98. The SMILES string of the molecule is CNC(=O)N(c1ccncc1)C(Cc1c[nH]c2ccccc12)C(=O)CCc1cc(C(F)(F)F)cc(C(F)(F)F)c1.Cl. The van der Waals surface area contributed by atoms with Gasteiger partial charge in [-0.05, 0) is 53.9 Å². The van der Waals surface area contributed by atoms with E-state index >= 15 is 0 Å². The number of pyridine rings is 1. The molecule has 0 aliphatic carbocycles. The minimum absolute atomic E-state index is 0. The number of urea groups is 1. The number of nitrogens with zero attached hydrogens (tertiary/aromatic N) is 2. The van der Waals surface area contributed by atoms with Crippen molar-refractivity contribution in [2.24, 2.45) is 0 Å². The average molecular weight is 599 g/mol. The van der Waals surface area contributed by atoms with E-state index in [0.717, 1.165) is 10.9 Å². The maximum atomic E-state index is 13.7. The third kappa shape index (κ3) is 7.37. The van der Waals surface area contributed by atoms with Crippen LogP contribution in [-0.2, 0) is 30.0 Å². The van der Waals surface area contributed by atoms with E-state index in [9.17, 15) is 35.9 Å². The summed E-state index contributed by atoms with van der Waals surface area (Å²) >= 11 is 0. The van der Waals surface area contributed by atoms with Crippen LogP contribution in [0.5, 0.6) is 0 Å². The van der Waals surface area contributed by atoms with Gasteiger partial charge in [-0.1, -0.05) is 18.2 Å². The van der Waals surface area contributed by atoms with Gasteiger partial charge in [0.2, 0.25) is 0 Å². The summed E-state index contributed by atoms with van der Waals surface area (Å²) < 4.78 is 80.0. The number of ketones is 1. The van der Waals surface area contributed by atoms with Crippen LogP contribution < -0.4 is 10.2 Å². The highest BCUT2D eigenvalue weighted by molar-refractivity contribution is 6.01. The number of aromatic amines is 1. The summed E-state index contributed by atoms with van der Waals surface area (Å²) in [7, 11) is 1.38. The van der Waals surface area contributed by atoms with Gasteiger partial charge >= 0.3 is 18.4 Å². The first-order chi connectivity index (χ1) is 18.9. The second kappa shape index (κ2) is 12.6. The Balaban J connectivity index is 0.00000462. The number of alkyl halides is 6. The largest absolute Gasteiger partial charge is 0.416 e. The molecule has 1 atom stereocenters.